The summed E-state index contributed by atoms with van der Waals surface area (Å²) in [5.41, 5.74) is 7.69. The molecule has 0 aliphatic heterocycles. The summed E-state index contributed by atoms with van der Waals surface area (Å²) < 4.78 is 0. The lowest BCUT2D eigenvalue weighted by atomic mass is 9.86. The van der Waals surface area contributed by atoms with Gasteiger partial charge >= 0.3 is 0 Å². The molecule has 0 bridgehead atoms. The Morgan fingerprint density at radius 2 is 1.86 bits per heavy atom. The van der Waals surface area contributed by atoms with Crippen molar-refractivity contribution in [2.75, 3.05) is 6.54 Å². The van der Waals surface area contributed by atoms with Gasteiger partial charge in [0.1, 0.15) is 5.60 Å². The highest BCUT2D eigenvalue weighted by Gasteiger charge is 2.28. The third-order valence-electron chi connectivity index (χ3n) is 4.34. The van der Waals surface area contributed by atoms with Gasteiger partial charge in [-0.25, -0.2) is 4.98 Å². The minimum atomic E-state index is -0.986. The van der Waals surface area contributed by atoms with E-state index in [-0.39, 0.29) is 6.54 Å². The molecule has 0 aliphatic rings. The SMILES string of the molecule is CCCCC(O)(CN)c1cccc2nc3ccccc3cc12. The molecule has 1 aromatic heterocycles. The lowest BCUT2D eigenvalue weighted by Gasteiger charge is -2.28. The smallest absolute Gasteiger partial charge is 0.102 e. The molecule has 3 aromatic rings. The van der Waals surface area contributed by atoms with Crippen LogP contribution in [0.1, 0.15) is 31.7 Å². The predicted molar refractivity (Wildman–Crippen MR) is 91.7 cm³/mol. The fraction of sp³-hybridized carbons (Fsp3) is 0.316. The summed E-state index contributed by atoms with van der Waals surface area (Å²) in [7, 11) is 0. The van der Waals surface area contributed by atoms with Gasteiger partial charge in [0.05, 0.1) is 11.0 Å². The first kappa shape index (κ1) is 14.9. The van der Waals surface area contributed by atoms with E-state index in [1.54, 1.807) is 0 Å². The summed E-state index contributed by atoms with van der Waals surface area (Å²) >= 11 is 0. The molecule has 0 amide bonds. The van der Waals surface area contributed by atoms with Gasteiger partial charge in [0.25, 0.3) is 0 Å². The quantitative estimate of drug-likeness (QED) is 0.705. The number of para-hydroxylation sites is 1. The van der Waals surface area contributed by atoms with Crippen molar-refractivity contribution in [1.29, 1.82) is 0 Å². The summed E-state index contributed by atoms with van der Waals surface area (Å²) in [5.74, 6) is 0. The van der Waals surface area contributed by atoms with Gasteiger partial charge in [0, 0.05) is 17.3 Å². The number of unbranched alkanes of at least 4 members (excludes halogenated alkanes) is 1. The topological polar surface area (TPSA) is 59.1 Å². The van der Waals surface area contributed by atoms with E-state index in [0.717, 1.165) is 40.2 Å². The summed E-state index contributed by atoms with van der Waals surface area (Å²) in [6.07, 6.45) is 2.66. The molecule has 0 radical (unpaired) electrons. The highest BCUT2D eigenvalue weighted by atomic mass is 16.3. The van der Waals surface area contributed by atoms with E-state index in [1.165, 1.54) is 0 Å². The maximum Gasteiger partial charge on any atom is 0.102 e. The van der Waals surface area contributed by atoms with Crippen LogP contribution in [0.3, 0.4) is 0 Å². The van der Waals surface area contributed by atoms with Gasteiger partial charge in [-0.1, -0.05) is 50.1 Å². The molecule has 0 saturated heterocycles. The third-order valence-corrected chi connectivity index (χ3v) is 4.34. The van der Waals surface area contributed by atoms with Crippen molar-refractivity contribution in [3.05, 3.63) is 54.1 Å². The van der Waals surface area contributed by atoms with Crippen molar-refractivity contribution in [3.63, 3.8) is 0 Å². The molecule has 3 N–H and O–H groups in total. The molecule has 1 atom stereocenters. The fourth-order valence-corrected chi connectivity index (χ4v) is 3.02. The molecule has 0 spiro atoms. The second kappa shape index (κ2) is 6.03. The molecule has 3 rings (SSSR count). The van der Waals surface area contributed by atoms with Gasteiger partial charge in [-0.2, -0.15) is 0 Å². The van der Waals surface area contributed by atoms with Gasteiger partial charge in [0.2, 0.25) is 0 Å². The van der Waals surface area contributed by atoms with Gasteiger partial charge in [0.15, 0.2) is 0 Å². The molecule has 0 aliphatic carbocycles. The number of rotatable bonds is 5. The van der Waals surface area contributed by atoms with E-state index in [1.807, 2.05) is 42.5 Å². The number of nitrogens with zero attached hydrogens (tertiary/aromatic N) is 1. The predicted octanol–water partition coefficient (Wildman–Crippen LogP) is 3.72. The molecular formula is C19H22N2O. The third kappa shape index (κ3) is 2.58. The number of aliphatic hydroxyl groups is 1. The minimum Gasteiger partial charge on any atom is -0.384 e. The second-order valence-electron chi connectivity index (χ2n) is 5.89. The van der Waals surface area contributed by atoms with Crippen LogP contribution >= 0.6 is 0 Å². The van der Waals surface area contributed by atoms with Gasteiger partial charge in [-0.3, -0.25) is 0 Å². The molecule has 0 saturated carbocycles. The fourth-order valence-electron chi connectivity index (χ4n) is 3.02. The molecule has 0 fully saturated rings. The maximum atomic E-state index is 11.0. The zero-order chi connectivity index (χ0) is 15.6. The van der Waals surface area contributed by atoms with Crippen molar-refractivity contribution in [2.45, 2.75) is 31.8 Å². The Morgan fingerprint density at radius 1 is 1.09 bits per heavy atom. The normalized spacial score (nSPS) is 14.3. The van der Waals surface area contributed by atoms with E-state index in [2.05, 4.69) is 13.0 Å². The highest BCUT2D eigenvalue weighted by molar-refractivity contribution is 5.94. The van der Waals surface area contributed by atoms with Crippen LogP contribution in [0.2, 0.25) is 0 Å². The first-order valence-electron chi connectivity index (χ1n) is 7.89. The molecule has 22 heavy (non-hydrogen) atoms. The van der Waals surface area contributed by atoms with E-state index in [4.69, 9.17) is 10.7 Å². The molecule has 1 unspecified atom stereocenters. The van der Waals surface area contributed by atoms with Crippen LogP contribution in [0.5, 0.6) is 0 Å². The van der Waals surface area contributed by atoms with Crippen molar-refractivity contribution in [2.24, 2.45) is 5.73 Å². The summed E-state index contributed by atoms with van der Waals surface area (Å²) in [6, 6.07) is 16.1. The number of hydrogen-bond donors (Lipinski definition) is 2. The molecule has 3 heteroatoms. The van der Waals surface area contributed by atoms with Crippen LogP contribution in [0.25, 0.3) is 21.8 Å². The second-order valence-corrected chi connectivity index (χ2v) is 5.89. The number of nitrogens with two attached hydrogens (primary N) is 1. The number of aromatic nitrogens is 1. The number of hydrogen-bond acceptors (Lipinski definition) is 3. The maximum absolute atomic E-state index is 11.0. The van der Waals surface area contributed by atoms with Crippen molar-refractivity contribution in [3.8, 4) is 0 Å². The molecular weight excluding hydrogens is 272 g/mol. The summed E-state index contributed by atoms with van der Waals surface area (Å²) in [6.45, 7) is 2.34. The van der Waals surface area contributed by atoms with Crippen molar-refractivity contribution < 1.29 is 5.11 Å². The van der Waals surface area contributed by atoms with Crippen LogP contribution in [0, 0.1) is 0 Å². The average molecular weight is 294 g/mol. The zero-order valence-corrected chi connectivity index (χ0v) is 12.9. The Balaban J connectivity index is 2.22. The van der Waals surface area contributed by atoms with Crippen molar-refractivity contribution >= 4 is 21.8 Å². The van der Waals surface area contributed by atoms with Gasteiger partial charge in [-0.15, -0.1) is 0 Å². The van der Waals surface area contributed by atoms with Crippen molar-refractivity contribution in [1.82, 2.24) is 4.98 Å². The molecule has 2 aromatic carbocycles. The lowest BCUT2D eigenvalue weighted by Crippen LogP contribution is -2.35. The van der Waals surface area contributed by atoms with E-state index in [9.17, 15) is 5.11 Å². The molecule has 3 nitrogen and oxygen atoms in total. The van der Waals surface area contributed by atoms with Gasteiger partial charge in [-0.05, 0) is 30.2 Å². The minimum absolute atomic E-state index is 0.221. The zero-order valence-electron chi connectivity index (χ0n) is 12.9. The first-order chi connectivity index (χ1) is 10.7. The van der Waals surface area contributed by atoms with E-state index in [0.29, 0.717) is 6.42 Å². The number of fused-ring (bicyclic) bond motifs is 2. The summed E-state index contributed by atoms with van der Waals surface area (Å²) in [4.78, 5) is 4.71. The van der Waals surface area contributed by atoms with E-state index >= 15 is 0 Å². The van der Waals surface area contributed by atoms with E-state index < -0.39 is 5.60 Å². The average Bonchev–Trinajstić information content (AvgIpc) is 2.57. The number of pyridine rings is 1. The van der Waals surface area contributed by atoms with Crippen LogP contribution in [-0.2, 0) is 5.60 Å². The monoisotopic (exact) mass is 294 g/mol. The van der Waals surface area contributed by atoms with Crippen LogP contribution in [0.15, 0.2) is 48.5 Å². The Bertz CT molecular complexity index is 800. The largest absolute Gasteiger partial charge is 0.384 e. The van der Waals surface area contributed by atoms with Crippen LogP contribution < -0.4 is 5.73 Å². The molecule has 1 heterocycles. The Labute approximate surface area is 130 Å². The lowest BCUT2D eigenvalue weighted by molar-refractivity contribution is 0.0359. The standard InChI is InChI=1S/C19H22N2O/c1-2-3-11-19(22,13-20)16-8-6-10-18-15(16)12-14-7-4-5-9-17(14)21-18/h4-10,12,22H,2-3,11,13,20H2,1H3. The Kier molecular flexibility index (Phi) is 4.10. The first-order valence-corrected chi connectivity index (χ1v) is 7.89. The number of benzene rings is 2. The van der Waals surface area contributed by atoms with Crippen LogP contribution in [-0.4, -0.2) is 16.6 Å². The molecule has 114 valence electrons. The summed E-state index contributed by atoms with van der Waals surface area (Å²) in [5, 5.41) is 13.1. The highest BCUT2D eigenvalue weighted by Crippen LogP contribution is 2.33. The Morgan fingerprint density at radius 3 is 2.64 bits per heavy atom. The van der Waals surface area contributed by atoms with Crippen LogP contribution in [0.4, 0.5) is 0 Å². The Hall–Kier alpha value is -1.97. The van der Waals surface area contributed by atoms with Gasteiger partial charge < -0.3 is 10.8 Å².